The maximum absolute atomic E-state index is 12.3. The molecule has 6 nitrogen and oxygen atoms in total. The molecule has 1 fully saturated rings. The smallest absolute Gasteiger partial charge is 0.231 e. The minimum atomic E-state index is -0.292. The first-order valence-electron chi connectivity index (χ1n) is 7.77. The summed E-state index contributed by atoms with van der Waals surface area (Å²) < 4.78 is 10.5. The van der Waals surface area contributed by atoms with Gasteiger partial charge in [0.15, 0.2) is 11.5 Å². The zero-order chi connectivity index (χ0) is 16.5. The van der Waals surface area contributed by atoms with Gasteiger partial charge in [-0.05, 0) is 30.7 Å². The lowest BCUT2D eigenvalue weighted by molar-refractivity contribution is -0.122. The zero-order valence-corrected chi connectivity index (χ0v) is 12.8. The fourth-order valence-electron chi connectivity index (χ4n) is 2.74. The lowest BCUT2D eigenvalue weighted by Gasteiger charge is -2.07. The van der Waals surface area contributed by atoms with Crippen molar-refractivity contribution in [3.05, 3.63) is 48.5 Å². The van der Waals surface area contributed by atoms with E-state index in [2.05, 4.69) is 10.6 Å². The van der Waals surface area contributed by atoms with Crippen LogP contribution in [-0.2, 0) is 9.59 Å². The summed E-state index contributed by atoms with van der Waals surface area (Å²) in [7, 11) is 0. The van der Waals surface area contributed by atoms with Crippen molar-refractivity contribution < 1.29 is 19.1 Å². The number of ether oxygens (including phenoxy) is 2. The van der Waals surface area contributed by atoms with E-state index in [0.29, 0.717) is 23.6 Å². The predicted molar refractivity (Wildman–Crippen MR) is 87.9 cm³/mol. The summed E-state index contributed by atoms with van der Waals surface area (Å²) in [4.78, 5) is 24.4. The highest BCUT2D eigenvalue weighted by molar-refractivity contribution is 6.03. The second-order valence-corrected chi connectivity index (χ2v) is 5.86. The molecule has 1 saturated carbocycles. The second kappa shape index (κ2) is 5.88. The summed E-state index contributed by atoms with van der Waals surface area (Å²) in [5.74, 6) is 0.439. The van der Waals surface area contributed by atoms with E-state index in [-0.39, 0.29) is 30.4 Å². The molecule has 2 atom stereocenters. The Bertz CT molecular complexity index is 791. The third kappa shape index (κ3) is 2.90. The highest BCUT2D eigenvalue weighted by atomic mass is 16.7. The van der Waals surface area contributed by atoms with Crippen molar-refractivity contribution in [3.8, 4) is 11.5 Å². The van der Waals surface area contributed by atoms with Gasteiger partial charge in [0.25, 0.3) is 0 Å². The molecule has 0 radical (unpaired) electrons. The van der Waals surface area contributed by atoms with Crippen LogP contribution in [0.1, 0.15) is 6.42 Å². The van der Waals surface area contributed by atoms with Crippen LogP contribution >= 0.6 is 0 Å². The van der Waals surface area contributed by atoms with Crippen LogP contribution in [0.3, 0.4) is 0 Å². The summed E-state index contributed by atoms with van der Waals surface area (Å²) in [5, 5.41) is 5.66. The number of nitrogens with one attached hydrogen (secondary N) is 2. The van der Waals surface area contributed by atoms with Crippen LogP contribution in [0.4, 0.5) is 11.4 Å². The Morgan fingerprint density at radius 2 is 1.50 bits per heavy atom. The average molecular weight is 324 g/mol. The van der Waals surface area contributed by atoms with Crippen LogP contribution in [0.25, 0.3) is 0 Å². The third-order valence-corrected chi connectivity index (χ3v) is 4.15. The van der Waals surface area contributed by atoms with E-state index in [1.165, 1.54) is 0 Å². The van der Waals surface area contributed by atoms with Crippen molar-refractivity contribution in [1.82, 2.24) is 0 Å². The second-order valence-electron chi connectivity index (χ2n) is 5.86. The first-order valence-corrected chi connectivity index (χ1v) is 7.77. The number of carbonyl (C=O) groups is 2. The van der Waals surface area contributed by atoms with Crippen molar-refractivity contribution in [2.45, 2.75) is 6.42 Å². The van der Waals surface area contributed by atoms with E-state index in [0.717, 1.165) is 5.69 Å². The van der Waals surface area contributed by atoms with Gasteiger partial charge < -0.3 is 20.1 Å². The van der Waals surface area contributed by atoms with E-state index in [4.69, 9.17) is 9.47 Å². The minimum Gasteiger partial charge on any atom is -0.454 e. The number of amides is 2. The molecule has 1 aliphatic heterocycles. The van der Waals surface area contributed by atoms with E-state index >= 15 is 0 Å². The molecule has 0 aromatic heterocycles. The normalized spacial score (nSPS) is 20.3. The Balaban J connectivity index is 1.34. The van der Waals surface area contributed by atoms with Gasteiger partial charge >= 0.3 is 0 Å². The summed E-state index contributed by atoms with van der Waals surface area (Å²) in [6, 6.07) is 14.5. The van der Waals surface area contributed by atoms with Crippen LogP contribution in [0.2, 0.25) is 0 Å². The molecule has 24 heavy (non-hydrogen) atoms. The number of anilines is 2. The van der Waals surface area contributed by atoms with Crippen LogP contribution in [0.15, 0.2) is 48.5 Å². The largest absolute Gasteiger partial charge is 0.454 e. The van der Waals surface area contributed by atoms with E-state index < -0.39 is 0 Å². The Labute approximate surface area is 138 Å². The van der Waals surface area contributed by atoms with E-state index in [9.17, 15) is 9.59 Å². The molecule has 1 aliphatic carbocycles. The quantitative estimate of drug-likeness (QED) is 0.906. The van der Waals surface area contributed by atoms with Crippen molar-refractivity contribution in [3.63, 3.8) is 0 Å². The fourth-order valence-corrected chi connectivity index (χ4v) is 2.74. The van der Waals surface area contributed by atoms with Gasteiger partial charge in [0, 0.05) is 17.4 Å². The molecule has 6 heteroatoms. The molecule has 2 unspecified atom stereocenters. The van der Waals surface area contributed by atoms with Crippen molar-refractivity contribution in [1.29, 1.82) is 0 Å². The third-order valence-electron chi connectivity index (χ3n) is 4.15. The lowest BCUT2D eigenvalue weighted by Crippen LogP contribution is -2.20. The Morgan fingerprint density at radius 3 is 2.25 bits per heavy atom. The standard InChI is InChI=1S/C18H16N2O4/c21-17(19-11-4-2-1-3-5-11)13-9-14(13)18(22)20-12-6-7-15-16(8-12)24-10-23-15/h1-8,13-14H,9-10H2,(H,19,21)(H,20,22). The summed E-state index contributed by atoms with van der Waals surface area (Å²) >= 11 is 0. The Morgan fingerprint density at radius 1 is 0.833 bits per heavy atom. The van der Waals surface area contributed by atoms with Crippen LogP contribution < -0.4 is 20.1 Å². The van der Waals surface area contributed by atoms with Crippen molar-refractivity contribution in [2.75, 3.05) is 17.4 Å². The molecule has 2 N–H and O–H groups in total. The van der Waals surface area contributed by atoms with Gasteiger partial charge in [-0.2, -0.15) is 0 Å². The molecule has 122 valence electrons. The maximum Gasteiger partial charge on any atom is 0.231 e. The van der Waals surface area contributed by atoms with Gasteiger partial charge in [-0.3, -0.25) is 9.59 Å². The number of para-hydroxylation sites is 1. The molecule has 2 aliphatic rings. The molecular weight excluding hydrogens is 308 g/mol. The Kier molecular flexibility index (Phi) is 3.57. The molecular formula is C18H16N2O4. The molecule has 4 rings (SSSR count). The van der Waals surface area contributed by atoms with Gasteiger partial charge in [0.2, 0.25) is 18.6 Å². The monoisotopic (exact) mass is 324 g/mol. The maximum atomic E-state index is 12.3. The summed E-state index contributed by atoms with van der Waals surface area (Å²) in [6.45, 7) is 0.192. The SMILES string of the molecule is O=C(Nc1ccccc1)C1CC1C(=O)Nc1ccc2c(c1)OCO2. The molecule has 2 aromatic rings. The molecule has 2 amide bonds. The summed E-state index contributed by atoms with van der Waals surface area (Å²) in [6.07, 6.45) is 0.565. The first kappa shape index (κ1) is 14.6. The number of hydrogen-bond acceptors (Lipinski definition) is 4. The molecule has 2 aromatic carbocycles. The fraction of sp³-hybridized carbons (Fsp3) is 0.222. The van der Waals surface area contributed by atoms with Crippen molar-refractivity contribution >= 4 is 23.2 Å². The predicted octanol–water partition coefficient (Wildman–Crippen LogP) is 2.63. The van der Waals surface area contributed by atoms with Gasteiger partial charge in [-0.15, -0.1) is 0 Å². The van der Waals surface area contributed by atoms with Crippen LogP contribution in [-0.4, -0.2) is 18.6 Å². The highest BCUT2D eigenvalue weighted by Gasteiger charge is 2.48. The summed E-state index contributed by atoms with van der Waals surface area (Å²) in [5.41, 5.74) is 1.38. The topological polar surface area (TPSA) is 76.7 Å². The van der Waals surface area contributed by atoms with E-state index in [1.54, 1.807) is 18.2 Å². The van der Waals surface area contributed by atoms with Crippen molar-refractivity contribution in [2.24, 2.45) is 11.8 Å². The van der Waals surface area contributed by atoms with E-state index in [1.807, 2.05) is 30.3 Å². The van der Waals surface area contributed by atoms with Crippen LogP contribution in [0.5, 0.6) is 11.5 Å². The molecule has 1 heterocycles. The van der Waals surface area contributed by atoms with Gasteiger partial charge in [0.05, 0.1) is 11.8 Å². The number of benzene rings is 2. The molecule has 0 bridgehead atoms. The zero-order valence-electron chi connectivity index (χ0n) is 12.8. The van der Waals surface area contributed by atoms with Gasteiger partial charge in [-0.25, -0.2) is 0 Å². The highest BCUT2D eigenvalue weighted by Crippen LogP contribution is 2.41. The molecule has 0 saturated heterocycles. The average Bonchev–Trinajstić information content (AvgIpc) is 3.27. The molecule has 0 spiro atoms. The number of fused-ring (bicyclic) bond motifs is 1. The number of rotatable bonds is 4. The number of carbonyl (C=O) groups excluding carboxylic acids is 2. The minimum absolute atomic E-state index is 0.118. The lowest BCUT2D eigenvalue weighted by atomic mass is 10.2. The van der Waals surface area contributed by atoms with Crippen LogP contribution in [0, 0.1) is 11.8 Å². The first-order chi connectivity index (χ1) is 11.7. The van der Waals surface area contributed by atoms with Gasteiger partial charge in [-0.1, -0.05) is 18.2 Å². The Hall–Kier alpha value is -3.02. The number of hydrogen-bond donors (Lipinski definition) is 2. The van der Waals surface area contributed by atoms with Gasteiger partial charge in [0.1, 0.15) is 0 Å².